The standard InChI is InChI=1S/C7H17NO4/c1-12-5-7(11)3-8-2-6(10)4-9/h6-11H,2-5H2,1H3/t6-,7?/m0/s1. The Morgan fingerprint density at radius 3 is 2.33 bits per heavy atom. The lowest BCUT2D eigenvalue weighted by Gasteiger charge is -2.12. The minimum Gasteiger partial charge on any atom is -0.394 e. The number of methoxy groups -OCH3 is 1. The summed E-state index contributed by atoms with van der Waals surface area (Å²) in [6.07, 6.45) is -1.33. The second-order valence-electron chi connectivity index (χ2n) is 2.60. The zero-order valence-electron chi connectivity index (χ0n) is 7.23. The number of aliphatic hydroxyl groups excluding tert-OH is 3. The second kappa shape index (κ2) is 7.45. The first kappa shape index (κ1) is 11.8. The maximum atomic E-state index is 9.10. The zero-order chi connectivity index (χ0) is 9.40. The van der Waals surface area contributed by atoms with Crippen LogP contribution in [0.15, 0.2) is 0 Å². The van der Waals surface area contributed by atoms with E-state index in [0.717, 1.165) is 0 Å². The highest BCUT2D eigenvalue weighted by Crippen LogP contribution is 1.82. The minimum absolute atomic E-state index is 0.266. The Hall–Kier alpha value is -0.200. The van der Waals surface area contributed by atoms with Crippen LogP contribution in [0.3, 0.4) is 0 Å². The maximum Gasteiger partial charge on any atom is 0.0897 e. The molecule has 0 saturated carbocycles. The van der Waals surface area contributed by atoms with Crippen LogP contribution in [0.4, 0.5) is 0 Å². The molecule has 74 valence electrons. The first-order valence-electron chi connectivity index (χ1n) is 3.87. The van der Waals surface area contributed by atoms with Gasteiger partial charge >= 0.3 is 0 Å². The highest BCUT2D eigenvalue weighted by molar-refractivity contribution is 4.61. The van der Waals surface area contributed by atoms with Gasteiger partial charge in [0.15, 0.2) is 0 Å². The SMILES string of the molecule is COCC(O)CNC[C@H](O)CO. The Bertz CT molecular complexity index is 101. The van der Waals surface area contributed by atoms with Crippen LogP contribution in [-0.4, -0.2) is 60.9 Å². The molecule has 0 aliphatic carbocycles. The highest BCUT2D eigenvalue weighted by atomic mass is 16.5. The Morgan fingerprint density at radius 2 is 1.83 bits per heavy atom. The van der Waals surface area contributed by atoms with Crippen molar-refractivity contribution in [3.63, 3.8) is 0 Å². The fraction of sp³-hybridized carbons (Fsp3) is 1.00. The van der Waals surface area contributed by atoms with Gasteiger partial charge in [0, 0.05) is 20.2 Å². The van der Waals surface area contributed by atoms with Gasteiger partial charge in [-0.25, -0.2) is 0 Å². The van der Waals surface area contributed by atoms with Crippen molar-refractivity contribution in [1.82, 2.24) is 5.32 Å². The van der Waals surface area contributed by atoms with Crippen LogP contribution < -0.4 is 5.32 Å². The summed E-state index contributed by atoms with van der Waals surface area (Å²) < 4.78 is 4.69. The number of ether oxygens (including phenoxy) is 1. The first-order chi connectivity index (χ1) is 5.70. The van der Waals surface area contributed by atoms with Crippen LogP contribution in [-0.2, 0) is 4.74 Å². The largest absolute Gasteiger partial charge is 0.394 e. The number of rotatable bonds is 7. The molecule has 2 atom stereocenters. The fourth-order valence-electron chi connectivity index (χ4n) is 0.732. The van der Waals surface area contributed by atoms with Crippen LogP contribution in [0.2, 0.25) is 0 Å². The van der Waals surface area contributed by atoms with Crippen molar-refractivity contribution in [3.05, 3.63) is 0 Å². The molecule has 0 aromatic carbocycles. The lowest BCUT2D eigenvalue weighted by atomic mass is 10.3. The van der Waals surface area contributed by atoms with Gasteiger partial charge in [0.1, 0.15) is 0 Å². The maximum absolute atomic E-state index is 9.10. The average Bonchev–Trinajstić information content (AvgIpc) is 2.04. The van der Waals surface area contributed by atoms with Crippen LogP contribution >= 0.6 is 0 Å². The Labute approximate surface area is 72.0 Å². The molecule has 0 rings (SSSR count). The minimum atomic E-state index is -0.764. The van der Waals surface area contributed by atoms with Gasteiger partial charge in [0.05, 0.1) is 25.4 Å². The van der Waals surface area contributed by atoms with E-state index in [1.807, 2.05) is 0 Å². The Morgan fingerprint density at radius 1 is 1.25 bits per heavy atom. The molecule has 0 aromatic rings. The van der Waals surface area contributed by atoms with Crippen molar-refractivity contribution < 1.29 is 20.1 Å². The van der Waals surface area contributed by atoms with Gasteiger partial charge in [-0.3, -0.25) is 0 Å². The quantitative estimate of drug-likeness (QED) is 0.361. The molecule has 0 spiro atoms. The first-order valence-corrected chi connectivity index (χ1v) is 3.87. The van der Waals surface area contributed by atoms with Crippen LogP contribution in [0, 0.1) is 0 Å². The van der Waals surface area contributed by atoms with E-state index in [-0.39, 0.29) is 19.8 Å². The monoisotopic (exact) mass is 179 g/mol. The highest BCUT2D eigenvalue weighted by Gasteiger charge is 2.04. The molecule has 1 unspecified atom stereocenters. The third kappa shape index (κ3) is 6.51. The smallest absolute Gasteiger partial charge is 0.0897 e. The van der Waals surface area contributed by atoms with Crippen LogP contribution in [0.5, 0.6) is 0 Å². The van der Waals surface area contributed by atoms with Crippen molar-refractivity contribution in [1.29, 1.82) is 0 Å². The molecule has 5 heteroatoms. The second-order valence-corrected chi connectivity index (χ2v) is 2.60. The molecule has 0 aromatic heterocycles. The number of hydrogen-bond donors (Lipinski definition) is 4. The molecular weight excluding hydrogens is 162 g/mol. The van der Waals surface area contributed by atoms with Gasteiger partial charge in [0.2, 0.25) is 0 Å². The van der Waals surface area contributed by atoms with Crippen LogP contribution in [0.1, 0.15) is 0 Å². The summed E-state index contributed by atoms with van der Waals surface area (Å²) in [7, 11) is 1.51. The van der Waals surface area contributed by atoms with E-state index in [1.54, 1.807) is 0 Å². The van der Waals surface area contributed by atoms with Crippen molar-refractivity contribution in [2.45, 2.75) is 12.2 Å². The normalized spacial score (nSPS) is 16.0. The molecule has 0 aliphatic heterocycles. The molecule has 12 heavy (non-hydrogen) atoms. The number of aliphatic hydroxyl groups is 3. The molecule has 0 saturated heterocycles. The molecular formula is C7H17NO4. The summed E-state index contributed by atoms with van der Waals surface area (Å²) in [5.41, 5.74) is 0. The van der Waals surface area contributed by atoms with E-state index in [9.17, 15) is 0 Å². The van der Waals surface area contributed by atoms with Gasteiger partial charge in [-0.15, -0.1) is 0 Å². The van der Waals surface area contributed by atoms with E-state index in [1.165, 1.54) is 7.11 Å². The lowest BCUT2D eigenvalue weighted by molar-refractivity contribution is 0.0565. The summed E-state index contributed by atoms with van der Waals surface area (Å²) in [5, 5.41) is 29.2. The summed E-state index contributed by atoms with van der Waals surface area (Å²) in [6, 6.07) is 0. The van der Waals surface area contributed by atoms with Crippen molar-refractivity contribution >= 4 is 0 Å². The predicted molar refractivity (Wildman–Crippen MR) is 43.8 cm³/mol. The van der Waals surface area contributed by atoms with Crippen molar-refractivity contribution in [2.24, 2.45) is 0 Å². The number of nitrogens with one attached hydrogen (secondary N) is 1. The third-order valence-electron chi connectivity index (χ3n) is 1.33. The van der Waals surface area contributed by atoms with Crippen molar-refractivity contribution in [3.8, 4) is 0 Å². The Kier molecular flexibility index (Phi) is 7.33. The van der Waals surface area contributed by atoms with Crippen LogP contribution in [0.25, 0.3) is 0 Å². The van der Waals surface area contributed by atoms with E-state index in [4.69, 9.17) is 15.3 Å². The molecule has 4 N–H and O–H groups in total. The van der Waals surface area contributed by atoms with Crippen molar-refractivity contribution in [2.75, 3.05) is 33.4 Å². The lowest BCUT2D eigenvalue weighted by Crippen LogP contribution is -2.36. The molecule has 0 radical (unpaired) electrons. The zero-order valence-corrected chi connectivity index (χ0v) is 7.23. The Balaban J connectivity index is 3.18. The third-order valence-corrected chi connectivity index (χ3v) is 1.33. The summed E-state index contributed by atoms with van der Waals surface area (Å²) in [4.78, 5) is 0. The summed E-state index contributed by atoms with van der Waals surface area (Å²) in [6.45, 7) is 0.623. The fourth-order valence-corrected chi connectivity index (χ4v) is 0.732. The van der Waals surface area contributed by atoms with E-state index < -0.39 is 12.2 Å². The molecule has 0 fully saturated rings. The van der Waals surface area contributed by atoms with Gasteiger partial charge in [-0.2, -0.15) is 0 Å². The van der Waals surface area contributed by atoms with Gasteiger partial charge in [-0.1, -0.05) is 0 Å². The van der Waals surface area contributed by atoms with E-state index in [2.05, 4.69) is 10.1 Å². The summed E-state index contributed by atoms with van der Waals surface area (Å²) >= 11 is 0. The molecule has 0 aliphatic rings. The molecule has 0 bridgehead atoms. The molecule has 0 heterocycles. The van der Waals surface area contributed by atoms with E-state index >= 15 is 0 Å². The average molecular weight is 179 g/mol. The van der Waals surface area contributed by atoms with Gasteiger partial charge < -0.3 is 25.4 Å². The van der Waals surface area contributed by atoms with Gasteiger partial charge in [-0.05, 0) is 0 Å². The number of hydrogen-bond acceptors (Lipinski definition) is 5. The molecule has 0 amide bonds. The topological polar surface area (TPSA) is 82.0 Å². The predicted octanol–water partition coefficient (Wildman–Crippen LogP) is -2.06. The molecule has 5 nitrogen and oxygen atoms in total. The summed E-state index contributed by atoms with van der Waals surface area (Å²) in [5.74, 6) is 0. The van der Waals surface area contributed by atoms with E-state index in [0.29, 0.717) is 6.54 Å². The van der Waals surface area contributed by atoms with Gasteiger partial charge in [0.25, 0.3) is 0 Å².